The van der Waals surface area contributed by atoms with Gasteiger partial charge in [0.1, 0.15) is 11.6 Å². The lowest BCUT2D eigenvalue weighted by Crippen LogP contribution is -2.32. The van der Waals surface area contributed by atoms with Crippen molar-refractivity contribution in [3.8, 4) is 0 Å². The number of hydrogen-bond donors (Lipinski definition) is 1. The van der Waals surface area contributed by atoms with Crippen LogP contribution >= 0.6 is 0 Å². The van der Waals surface area contributed by atoms with Crippen LogP contribution in [0.3, 0.4) is 0 Å². The monoisotopic (exact) mass is 293 g/mol. The highest BCUT2D eigenvalue weighted by molar-refractivity contribution is 5.92. The molecule has 118 valence electrons. The lowest BCUT2D eigenvalue weighted by atomic mass is 9.73. The lowest BCUT2D eigenvalue weighted by molar-refractivity contribution is 0.0521. The highest BCUT2D eigenvalue weighted by Gasteiger charge is 2.37. The Morgan fingerprint density at radius 3 is 2.71 bits per heavy atom. The van der Waals surface area contributed by atoms with E-state index in [4.69, 9.17) is 10.5 Å². The first kappa shape index (κ1) is 15.9. The van der Waals surface area contributed by atoms with Gasteiger partial charge in [0.05, 0.1) is 6.61 Å². The maximum atomic E-state index is 12.0. The van der Waals surface area contributed by atoms with E-state index in [1.807, 2.05) is 6.92 Å². The molecular formula is C16H27N3O2. The van der Waals surface area contributed by atoms with Gasteiger partial charge < -0.3 is 15.0 Å². The average molecular weight is 293 g/mol. The molecule has 0 spiro atoms. The van der Waals surface area contributed by atoms with Gasteiger partial charge in [-0.1, -0.05) is 33.6 Å². The van der Waals surface area contributed by atoms with Gasteiger partial charge in [-0.15, -0.1) is 0 Å². The van der Waals surface area contributed by atoms with E-state index in [0.717, 1.165) is 18.7 Å². The van der Waals surface area contributed by atoms with Gasteiger partial charge in [-0.05, 0) is 25.2 Å². The van der Waals surface area contributed by atoms with Crippen LogP contribution in [-0.4, -0.2) is 22.1 Å². The third-order valence-electron chi connectivity index (χ3n) is 4.57. The fraction of sp³-hybridized carbons (Fsp3) is 0.750. The largest absolute Gasteiger partial charge is 0.461 e. The minimum atomic E-state index is -0.419. The Bertz CT molecular complexity index is 520. The van der Waals surface area contributed by atoms with Crippen LogP contribution in [-0.2, 0) is 11.2 Å². The third-order valence-corrected chi connectivity index (χ3v) is 4.57. The second-order valence-corrected chi connectivity index (χ2v) is 6.46. The average Bonchev–Trinajstić information content (AvgIpc) is 2.76. The summed E-state index contributed by atoms with van der Waals surface area (Å²) in [5, 5.41) is 0. The molecule has 0 saturated heterocycles. The van der Waals surface area contributed by atoms with Crippen LogP contribution in [0.25, 0.3) is 0 Å². The molecule has 2 N–H and O–H groups in total. The predicted molar refractivity (Wildman–Crippen MR) is 83.3 cm³/mol. The summed E-state index contributed by atoms with van der Waals surface area (Å²) >= 11 is 0. The lowest BCUT2D eigenvalue weighted by Gasteiger charge is -2.40. The fourth-order valence-electron chi connectivity index (χ4n) is 3.39. The van der Waals surface area contributed by atoms with Gasteiger partial charge >= 0.3 is 5.97 Å². The van der Waals surface area contributed by atoms with Crippen LogP contribution in [0, 0.1) is 5.41 Å². The number of ether oxygens (including phenoxy) is 1. The fourth-order valence-corrected chi connectivity index (χ4v) is 3.39. The van der Waals surface area contributed by atoms with Crippen molar-refractivity contribution in [1.29, 1.82) is 0 Å². The molecular weight excluding hydrogens is 266 g/mol. The van der Waals surface area contributed by atoms with Crippen LogP contribution < -0.4 is 5.73 Å². The van der Waals surface area contributed by atoms with E-state index in [9.17, 15) is 4.79 Å². The second kappa shape index (κ2) is 6.08. The summed E-state index contributed by atoms with van der Waals surface area (Å²) in [4.78, 5) is 16.5. The Morgan fingerprint density at radius 2 is 2.14 bits per heavy atom. The Kier molecular flexibility index (Phi) is 4.59. The summed E-state index contributed by atoms with van der Waals surface area (Å²) in [6.07, 6.45) is 5.47. The Balaban J connectivity index is 2.45. The van der Waals surface area contributed by atoms with Gasteiger partial charge in [-0.25, -0.2) is 9.78 Å². The number of carbonyl (C=O) groups is 1. The molecule has 1 atom stereocenters. The zero-order valence-corrected chi connectivity index (χ0v) is 13.6. The topological polar surface area (TPSA) is 70.1 Å². The zero-order valence-electron chi connectivity index (χ0n) is 13.6. The quantitative estimate of drug-likeness (QED) is 0.864. The summed E-state index contributed by atoms with van der Waals surface area (Å²) in [5.74, 6) is 0.929. The Hall–Kier alpha value is -1.52. The van der Waals surface area contributed by atoms with Gasteiger partial charge in [0, 0.05) is 12.5 Å². The molecule has 2 rings (SSSR count). The molecule has 1 aliphatic carbocycles. The maximum absolute atomic E-state index is 12.0. The number of nitrogens with two attached hydrogens (primary N) is 1. The molecule has 0 aromatic carbocycles. The van der Waals surface area contributed by atoms with E-state index in [1.165, 1.54) is 19.3 Å². The van der Waals surface area contributed by atoms with Crippen molar-refractivity contribution < 1.29 is 9.53 Å². The van der Waals surface area contributed by atoms with Crippen LogP contribution in [0.5, 0.6) is 0 Å². The number of esters is 1. The smallest absolute Gasteiger partial charge is 0.360 e. The van der Waals surface area contributed by atoms with Crippen molar-refractivity contribution in [2.45, 2.75) is 65.8 Å². The molecule has 0 aliphatic heterocycles. The standard InChI is InChI=1S/C16H27N3O2/c1-5-12-18-13(15(20)21-6-2)14(17)19(12)11-9-7-8-10-16(11,3)4/h11H,5-10,17H2,1-4H3. The van der Waals surface area contributed by atoms with Crippen molar-refractivity contribution in [1.82, 2.24) is 9.55 Å². The summed E-state index contributed by atoms with van der Waals surface area (Å²) in [5.41, 5.74) is 6.71. The first-order valence-corrected chi connectivity index (χ1v) is 7.96. The first-order chi connectivity index (χ1) is 9.92. The molecule has 1 unspecified atom stereocenters. The molecule has 1 aliphatic rings. The number of rotatable bonds is 4. The number of hydrogen-bond acceptors (Lipinski definition) is 4. The van der Waals surface area contributed by atoms with Crippen molar-refractivity contribution in [2.24, 2.45) is 5.41 Å². The SMILES string of the molecule is CCOC(=O)c1nc(CC)n(C2CCCCC2(C)C)c1N. The number of imidazole rings is 1. The van der Waals surface area contributed by atoms with Gasteiger partial charge in [0.25, 0.3) is 0 Å². The van der Waals surface area contributed by atoms with Crippen molar-refractivity contribution in [2.75, 3.05) is 12.3 Å². The molecule has 1 saturated carbocycles. The number of carbonyl (C=O) groups excluding carboxylic acids is 1. The molecule has 1 heterocycles. The van der Waals surface area contributed by atoms with Gasteiger partial charge in [0.2, 0.25) is 0 Å². The number of nitrogen functional groups attached to an aromatic ring is 1. The highest BCUT2D eigenvalue weighted by atomic mass is 16.5. The first-order valence-electron chi connectivity index (χ1n) is 7.96. The predicted octanol–water partition coefficient (Wildman–Crippen LogP) is 3.35. The van der Waals surface area contributed by atoms with E-state index in [0.29, 0.717) is 18.5 Å². The minimum Gasteiger partial charge on any atom is -0.461 e. The summed E-state index contributed by atoms with van der Waals surface area (Å²) in [6, 6.07) is 0.303. The molecule has 21 heavy (non-hydrogen) atoms. The molecule has 0 radical (unpaired) electrons. The molecule has 0 amide bonds. The minimum absolute atomic E-state index is 0.170. The summed E-state index contributed by atoms with van der Waals surface area (Å²) in [7, 11) is 0. The number of aryl methyl sites for hydroxylation is 1. The van der Waals surface area contributed by atoms with Crippen molar-refractivity contribution in [3.05, 3.63) is 11.5 Å². The van der Waals surface area contributed by atoms with E-state index < -0.39 is 5.97 Å². The van der Waals surface area contributed by atoms with Crippen LogP contribution in [0.1, 0.15) is 75.7 Å². The molecule has 1 fully saturated rings. The Labute approximate surface area is 126 Å². The van der Waals surface area contributed by atoms with E-state index in [-0.39, 0.29) is 11.1 Å². The van der Waals surface area contributed by atoms with Crippen molar-refractivity contribution in [3.63, 3.8) is 0 Å². The zero-order chi connectivity index (χ0) is 15.6. The molecule has 5 nitrogen and oxygen atoms in total. The van der Waals surface area contributed by atoms with Crippen LogP contribution in [0.4, 0.5) is 5.82 Å². The summed E-state index contributed by atoms with van der Waals surface area (Å²) < 4.78 is 7.15. The molecule has 1 aromatic heterocycles. The van der Waals surface area contributed by atoms with Crippen LogP contribution in [0.2, 0.25) is 0 Å². The van der Waals surface area contributed by atoms with E-state index >= 15 is 0 Å². The molecule has 1 aromatic rings. The second-order valence-electron chi connectivity index (χ2n) is 6.46. The highest BCUT2D eigenvalue weighted by Crippen LogP contribution is 2.45. The normalized spacial score (nSPS) is 21.2. The van der Waals surface area contributed by atoms with Gasteiger partial charge in [0.15, 0.2) is 5.69 Å². The molecule has 0 bridgehead atoms. The third kappa shape index (κ3) is 2.92. The summed E-state index contributed by atoms with van der Waals surface area (Å²) in [6.45, 7) is 8.72. The van der Waals surface area contributed by atoms with Crippen LogP contribution in [0.15, 0.2) is 0 Å². The van der Waals surface area contributed by atoms with Crippen molar-refractivity contribution >= 4 is 11.8 Å². The molecule has 5 heteroatoms. The maximum Gasteiger partial charge on any atom is 0.360 e. The van der Waals surface area contributed by atoms with Gasteiger partial charge in [-0.3, -0.25) is 0 Å². The van der Waals surface area contributed by atoms with E-state index in [1.54, 1.807) is 6.92 Å². The Morgan fingerprint density at radius 1 is 1.43 bits per heavy atom. The number of anilines is 1. The number of nitrogens with zero attached hydrogens (tertiary/aromatic N) is 2. The van der Waals surface area contributed by atoms with E-state index in [2.05, 4.69) is 23.4 Å². The van der Waals surface area contributed by atoms with Gasteiger partial charge in [-0.2, -0.15) is 0 Å². The number of aromatic nitrogens is 2.